The molecule has 122 valence electrons. The number of amides is 2. The van der Waals surface area contributed by atoms with Gasteiger partial charge >= 0.3 is 11.8 Å². The van der Waals surface area contributed by atoms with Gasteiger partial charge in [-0.25, -0.2) is 0 Å². The van der Waals surface area contributed by atoms with Gasteiger partial charge in [-0.05, 0) is 24.7 Å². The number of anilines is 1. The molecule has 2 unspecified atom stereocenters. The van der Waals surface area contributed by atoms with Crippen LogP contribution in [0.15, 0.2) is 18.6 Å². The normalized spacial score (nSPS) is 21.9. The molecule has 1 fully saturated rings. The van der Waals surface area contributed by atoms with Crippen LogP contribution in [0.25, 0.3) is 10.9 Å². The largest absolute Gasteiger partial charge is 0.334 e. The summed E-state index contributed by atoms with van der Waals surface area (Å²) < 4.78 is 0. The van der Waals surface area contributed by atoms with Crippen LogP contribution in [0, 0.1) is 11.8 Å². The van der Waals surface area contributed by atoms with Crippen molar-refractivity contribution < 1.29 is 9.59 Å². The van der Waals surface area contributed by atoms with Crippen molar-refractivity contribution in [3.63, 3.8) is 0 Å². The Morgan fingerprint density at radius 3 is 2.57 bits per heavy atom. The summed E-state index contributed by atoms with van der Waals surface area (Å²) in [6.45, 7) is 5.49. The number of aromatic amines is 1. The van der Waals surface area contributed by atoms with Gasteiger partial charge in [0.05, 0.1) is 23.6 Å². The number of carbonyl (C=O) groups is 2. The van der Waals surface area contributed by atoms with Gasteiger partial charge in [-0.3, -0.25) is 19.7 Å². The van der Waals surface area contributed by atoms with Crippen molar-refractivity contribution in [2.24, 2.45) is 11.8 Å². The second kappa shape index (κ2) is 6.36. The van der Waals surface area contributed by atoms with E-state index in [1.807, 2.05) is 0 Å². The summed E-state index contributed by atoms with van der Waals surface area (Å²) in [6, 6.07) is 0. The summed E-state index contributed by atoms with van der Waals surface area (Å²) in [7, 11) is 0. The molecule has 2 aromatic rings. The highest BCUT2D eigenvalue weighted by molar-refractivity contribution is 6.40. The molecule has 1 aliphatic rings. The van der Waals surface area contributed by atoms with Gasteiger partial charge in [-0.15, -0.1) is 0 Å². The van der Waals surface area contributed by atoms with Crippen LogP contribution in [0.3, 0.4) is 0 Å². The highest BCUT2D eigenvalue weighted by Gasteiger charge is 2.27. The zero-order valence-electron chi connectivity index (χ0n) is 13.4. The van der Waals surface area contributed by atoms with Crippen LogP contribution < -0.4 is 5.32 Å². The molecule has 7 heteroatoms. The van der Waals surface area contributed by atoms with Crippen LogP contribution in [0.2, 0.25) is 0 Å². The van der Waals surface area contributed by atoms with Crippen LogP contribution in [0.4, 0.5) is 5.69 Å². The van der Waals surface area contributed by atoms with Crippen LogP contribution in [-0.4, -0.2) is 45.0 Å². The fourth-order valence-electron chi connectivity index (χ4n) is 3.02. The summed E-state index contributed by atoms with van der Waals surface area (Å²) >= 11 is 0. The first kappa shape index (κ1) is 15.5. The number of hydrogen-bond acceptors (Lipinski definition) is 4. The molecule has 2 atom stereocenters. The van der Waals surface area contributed by atoms with Gasteiger partial charge in [0.2, 0.25) is 0 Å². The van der Waals surface area contributed by atoms with E-state index in [2.05, 4.69) is 34.3 Å². The van der Waals surface area contributed by atoms with Crippen LogP contribution >= 0.6 is 0 Å². The van der Waals surface area contributed by atoms with Crippen molar-refractivity contribution in [2.45, 2.75) is 26.7 Å². The molecule has 0 spiro atoms. The molecule has 0 bridgehead atoms. The predicted molar refractivity (Wildman–Crippen MR) is 86.7 cm³/mol. The lowest BCUT2D eigenvalue weighted by Crippen LogP contribution is -2.42. The molecular weight excluding hydrogens is 294 g/mol. The van der Waals surface area contributed by atoms with Gasteiger partial charge in [-0.1, -0.05) is 13.8 Å². The van der Waals surface area contributed by atoms with Crippen molar-refractivity contribution in [2.75, 3.05) is 18.4 Å². The van der Waals surface area contributed by atoms with Crippen LogP contribution in [-0.2, 0) is 9.59 Å². The van der Waals surface area contributed by atoms with E-state index in [4.69, 9.17) is 0 Å². The van der Waals surface area contributed by atoms with E-state index in [1.165, 1.54) is 6.20 Å². The van der Waals surface area contributed by atoms with Crippen LogP contribution in [0.1, 0.15) is 26.7 Å². The Labute approximate surface area is 134 Å². The van der Waals surface area contributed by atoms with Crippen molar-refractivity contribution >= 4 is 28.4 Å². The first-order valence-electron chi connectivity index (χ1n) is 7.92. The van der Waals surface area contributed by atoms with Gasteiger partial charge < -0.3 is 10.2 Å². The van der Waals surface area contributed by atoms with Gasteiger partial charge in [0, 0.05) is 24.7 Å². The summed E-state index contributed by atoms with van der Waals surface area (Å²) in [4.78, 5) is 30.5. The summed E-state index contributed by atoms with van der Waals surface area (Å²) in [5, 5.41) is 10.2. The van der Waals surface area contributed by atoms with Crippen molar-refractivity contribution in [3.05, 3.63) is 18.6 Å². The number of fused-ring (bicyclic) bond motifs is 1. The van der Waals surface area contributed by atoms with Gasteiger partial charge in [-0.2, -0.15) is 5.10 Å². The number of carbonyl (C=O) groups excluding carboxylic acids is 2. The molecule has 1 aliphatic heterocycles. The third-order valence-electron chi connectivity index (χ3n) is 4.30. The molecule has 0 saturated carbocycles. The number of hydrogen-bond donors (Lipinski definition) is 2. The molecule has 2 aromatic heterocycles. The highest BCUT2D eigenvalue weighted by atomic mass is 16.2. The van der Waals surface area contributed by atoms with Gasteiger partial charge in [0.1, 0.15) is 0 Å². The van der Waals surface area contributed by atoms with E-state index >= 15 is 0 Å². The predicted octanol–water partition coefficient (Wildman–Crippen LogP) is 1.79. The lowest BCUT2D eigenvalue weighted by Gasteiger charge is -2.23. The van der Waals surface area contributed by atoms with Crippen molar-refractivity contribution in [3.8, 4) is 0 Å². The van der Waals surface area contributed by atoms with Gasteiger partial charge in [0.15, 0.2) is 0 Å². The van der Waals surface area contributed by atoms with E-state index < -0.39 is 11.8 Å². The second-order valence-electron chi connectivity index (χ2n) is 6.47. The van der Waals surface area contributed by atoms with Crippen LogP contribution in [0.5, 0.6) is 0 Å². The smallest absolute Gasteiger partial charge is 0.314 e. The van der Waals surface area contributed by atoms with E-state index in [9.17, 15) is 9.59 Å². The SMILES string of the molecule is CC1CCC(C)CN(C(=O)C(=O)Nc2cncc3cn[nH]c23)C1. The highest BCUT2D eigenvalue weighted by Crippen LogP contribution is 2.21. The molecule has 7 nitrogen and oxygen atoms in total. The third kappa shape index (κ3) is 3.33. The number of rotatable bonds is 1. The summed E-state index contributed by atoms with van der Waals surface area (Å²) in [5.74, 6) is -0.291. The lowest BCUT2D eigenvalue weighted by molar-refractivity contribution is -0.143. The zero-order chi connectivity index (χ0) is 16.4. The quantitative estimate of drug-likeness (QED) is 0.785. The Bertz CT molecular complexity index is 714. The minimum Gasteiger partial charge on any atom is -0.334 e. The number of nitrogens with one attached hydrogen (secondary N) is 2. The summed E-state index contributed by atoms with van der Waals surface area (Å²) in [5.41, 5.74) is 1.13. The average molecular weight is 315 g/mol. The minimum absolute atomic E-state index is 0.411. The Morgan fingerprint density at radius 1 is 1.17 bits per heavy atom. The molecule has 3 heterocycles. The maximum absolute atomic E-state index is 12.5. The average Bonchev–Trinajstić information content (AvgIpc) is 2.94. The van der Waals surface area contributed by atoms with E-state index in [0.29, 0.717) is 36.1 Å². The van der Waals surface area contributed by atoms with E-state index in [1.54, 1.807) is 17.3 Å². The minimum atomic E-state index is -0.629. The second-order valence-corrected chi connectivity index (χ2v) is 6.47. The number of H-pyrrole nitrogens is 1. The number of nitrogens with zero attached hydrogens (tertiary/aromatic N) is 3. The van der Waals surface area contributed by atoms with Crippen molar-refractivity contribution in [1.82, 2.24) is 20.1 Å². The van der Waals surface area contributed by atoms with Gasteiger partial charge in [0.25, 0.3) is 0 Å². The molecule has 0 aliphatic carbocycles. The molecule has 1 saturated heterocycles. The summed E-state index contributed by atoms with van der Waals surface area (Å²) in [6.07, 6.45) is 6.96. The number of pyridine rings is 1. The number of likely N-dealkylation sites (tertiary alicyclic amines) is 1. The Morgan fingerprint density at radius 2 is 1.87 bits per heavy atom. The van der Waals surface area contributed by atoms with E-state index in [0.717, 1.165) is 18.2 Å². The molecule has 2 N–H and O–H groups in total. The molecular formula is C16H21N5O2. The number of aromatic nitrogens is 3. The first-order valence-corrected chi connectivity index (χ1v) is 7.92. The fourth-order valence-corrected chi connectivity index (χ4v) is 3.02. The monoisotopic (exact) mass is 315 g/mol. The molecule has 0 radical (unpaired) electrons. The zero-order valence-corrected chi connectivity index (χ0v) is 13.4. The Hall–Kier alpha value is -2.44. The Kier molecular flexibility index (Phi) is 4.27. The molecule has 23 heavy (non-hydrogen) atoms. The fraction of sp³-hybridized carbons (Fsp3) is 0.500. The lowest BCUT2D eigenvalue weighted by atomic mass is 10.0. The maximum Gasteiger partial charge on any atom is 0.314 e. The topological polar surface area (TPSA) is 91.0 Å². The maximum atomic E-state index is 12.5. The third-order valence-corrected chi connectivity index (χ3v) is 4.30. The van der Waals surface area contributed by atoms with E-state index in [-0.39, 0.29) is 0 Å². The molecule has 2 amide bonds. The Balaban J connectivity index is 1.74. The molecule has 3 rings (SSSR count). The standard InChI is InChI=1S/C16H21N5O2/c1-10-3-4-11(2)9-21(8-10)16(23)15(22)19-13-7-17-5-12-6-18-20-14(12)13/h5-7,10-11H,3-4,8-9H2,1-2H3,(H,18,20)(H,19,22). The first-order chi connectivity index (χ1) is 11.0. The molecule has 0 aromatic carbocycles. The van der Waals surface area contributed by atoms with Crippen molar-refractivity contribution in [1.29, 1.82) is 0 Å².